The van der Waals surface area contributed by atoms with E-state index in [1.54, 1.807) is 48.9 Å². The Hall–Kier alpha value is -2.74. The predicted octanol–water partition coefficient (Wildman–Crippen LogP) is 7.55. The molecule has 35 heavy (non-hydrogen) atoms. The number of aromatic nitrogens is 2. The predicted molar refractivity (Wildman–Crippen MR) is 138 cm³/mol. The number of phenols is 1. The Balaban J connectivity index is 0.000000287. The van der Waals surface area contributed by atoms with Crippen LogP contribution in [0.4, 0.5) is 0 Å². The number of imidazole rings is 1. The zero-order valence-corrected chi connectivity index (χ0v) is 21.1. The second kappa shape index (κ2) is 12.8. The van der Waals surface area contributed by atoms with Gasteiger partial charge in [0.05, 0.1) is 19.5 Å². The summed E-state index contributed by atoms with van der Waals surface area (Å²) in [5, 5.41) is 19.6. The van der Waals surface area contributed by atoms with Gasteiger partial charge in [-0.2, -0.15) is 0 Å². The lowest BCUT2D eigenvalue weighted by atomic mass is 10.1. The SMILES string of the molecule is Clc1ccc(COC(Cn2ccnc2)c2ccc(Cl)cc2Cl)c(Cl)c1.O=C(O)c1ccccc1O. The molecule has 0 radical (unpaired) electrons. The van der Waals surface area contributed by atoms with Crippen molar-refractivity contribution >= 4 is 52.4 Å². The first-order valence-corrected chi connectivity index (χ1v) is 11.7. The van der Waals surface area contributed by atoms with Gasteiger partial charge in [0.1, 0.15) is 17.4 Å². The number of ether oxygens (including phenoxy) is 1. The second-order valence-corrected chi connectivity index (χ2v) is 8.97. The molecule has 0 saturated heterocycles. The molecule has 1 unspecified atom stereocenters. The number of benzene rings is 3. The number of carboxylic acid groups (broad SMARTS) is 1. The normalized spacial score (nSPS) is 11.4. The van der Waals surface area contributed by atoms with E-state index in [-0.39, 0.29) is 17.4 Å². The second-order valence-electron chi connectivity index (χ2n) is 7.28. The number of aromatic carboxylic acids is 1. The van der Waals surface area contributed by atoms with Gasteiger partial charge in [-0.15, -0.1) is 0 Å². The number of hydrogen-bond donors (Lipinski definition) is 2. The van der Waals surface area contributed by atoms with Crippen molar-refractivity contribution in [1.82, 2.24) is 9.55 Å². The maximum Gasteiger partial charge on any atom is 0.339 e. The zero-order chi connectivity index (χ0) is 25.4. The van der Waals surface area contributed by atoms with Crippen LogP contribution in [-0.2, 0) is 17.9 Å². The Kier molecular flexibility index (Phi) is 9.83. The minimum absolute atomic E-state index is 0.0671. The van der Waals surface area contributed by atoms with Gasteiger partial charge < -0.3 is 19.5 Å². The smallest absolute Gasteiger partial charge is 0.339 e. The molecule has 6 nitrogen and oxygen atoms in total. The minimum Gasteiger partial charge on any atom is -0.507 e. The first-order valence-electron chi connectivity index (χ1n) is 10.2. The van der Waals surface area contributed by atoms with E-state index < -0.39 is 5.97 Å². The summed E-state index contributed by atoms with van der Waals surface area (Å²) in [5.74, 6) is -1.31. The largest absolute Gasteiger partial charge is 0.507 e. The molecule has 0 aliphatic heterocycles. The third-order valence-electron chi connectivity index (χ3n) is 4.83. The van der Waals surface area contributed by atoms with Crippen LogP contribution in [0.2, 0.25) is 20.1 Å². The third-order valence-corrected chi connectivity index (χ3v) is 5.98. The van der Waals surface area contributed by atoms with Crippen LogP contribution < -0.4 is 0 Å². The molecule has 3 aromatic carbocycles. The van der Waals surface area contributed by atoms with Crippen molar-refractivity contribution in [2.24, 2.45) is 0 Å². The molecule has 4 rings (SSSR count). The fraction of sp³-hybridized carbons (Fsp3) is 0.120. The summed E-state index contributed by atoms with van der Waals surface area (Å²) in [6.45, 7) is 0.890. The quantitative estimate of drug-likeness (QED) is 0.247. The number of carboxylic acids is 1. The minimum atomic E-state index is -1.11. The van der Waals surface area contributed by atoms with Crippen molar-refractivity contribution in [3.05, 3.63) is 116 Å². The van der Waals surface area contributed by atoms with Gasteiger partial charge in [-0.1, -0.05) is 70.7 Å². The maximum absolute atomic E-state index is 10.3. The van der Waals surface area contributed by atoms with E-state index in [2.05, 4.69) is 4.98 Å². The van der Waals surface area contributed by atoms with E-state index in [9.17, 15) is 4.79 Å². The highest BCUT2D eigenvalue weighted by atomic mass is 35.5. The molecule has 0 aliphatic carbocycles. The van der Waals surface area contributed by atoms with E-state index in [1.807, 2.05) is 22.9 Å². The van der Waals surface area contributed by atoms with Crippen molar-refractivity contribution in [2.45, 2.75) is 19.3 Å². The third kappa shape index (κ3) is 7.88. The summed E-state index contributed by atoms with van der Waals surface area (Å²) in [5.41, 5.74) is 1.64. The number of halogens is 4. The molecule has 2 N–H and O–H groups in total. The first-order chi connectivity index (χ1) is 16.7. The Morgan fingerprint density at radius 2 is 1.66 bits per heavy atom. The van der Waals surface area contributed by atoms with Crippen LogP contribution in [-0.4, -0.2) is 25.7 Å². The van der Waals surface area contributed by atoms with E-state index in [1.165, 1.54) is 12.1 Å². The molecule has 1 atom stereocenters. The van der Waals surface area contributed by atoms with Gasteiger partial charge in [0.25, 0.3) is 0 Å². The fourth-order valence-corrected chi connectivity index (χ4v) is 4.07. The van der Waals surface area contributed by atoms with Crippen LogP contribution in [0, 0.1) is 0 Å². The molecule has 4 aromatic rings. The summed E-state index contributed by atoms with van der Waals surface area (Å²) < 4.78 is 8.05. The number of carbonyl (C=O) groups is 1. The summed E-state index contributed by atoms with van der Waals surface area (Å²) in [7, 11) is 0. The molecule has 0 amide bonds. The Bertz CT molecular complexity index is 1280. The lowest BCUT2D eigenvalue weighted by Gasteiger charge is -2.21. The Morgan fingerprint density at radius 1 is 0.971 bits per heavy atom. The summed E-state index contributed by atoms with van der Waals surface area (Å²) >= 11 is 24.5. The zero-order valence-electron chi connectivity index (χ0n) is 18.1. The molecule has 1 aromatic heterocycles. The molecule has 0 bridgehead atoms. The monoisotopic (exact) mass is 552 g/mol. The van der Waals surface area contributed by atoms with Crippen molar-refractivity contribution in [1.29, 1.82) is 0 Å². The Labute approximate surface area is 222 Å². The molecule has 182 valence electrons. The van der Waals surface area contributed by atoms with E-state index in [0.717, 1.165) is 11.1 Å². The van der Waals surface area contributed by atoms with Crippen LogP contribution in [0.15, 0.2) is 79.4 Å². The first kappa shape index (κ1) is 26.9. The Morgan fingerprint density at radius 3 is 2.23 bits per heavy atom. The summed E-state index contributed by atoms with van der Waals surface area (Å²) in [6, 6.07) is 16.5. The van der Waals surface area contributed by atoms with Crippen LogP contribution >= 0.6 is 46.4 Å². The standard InChI is InChI=1S/C18H14Cl4N2O.C7H6O3/c19-13-2-1-12(16(21)7-13)10-25-18(9-24-6-5-23-11-24)15-4-3-14(20)8-17(15)22;8-6-4-2-1-3-5(6)7(9)10/h1-8,11,18H,9-10H2;1-4,8H,(H,9,10). The number of rotatable bonds is 7. The van der Waals surface area contributed by atoms with Gasteiger partial charge in [-0.05, 0) is 42.0 Å². The van der Waals surface area contributed by atoms with Gasteiger partial charge in [-0.25, -0.2) is 9.78 Å². The molecule has 0 spiro atoms. The van der Waals surface area contributed by atoms with Crippen LogP contribution in [0.5, 0.6) is 5.75 Å². The average Bonchev–Trinajstić information content (AvgIpc) is 3.32. The van der Waals surface area contributed by atoms with Gasteiger partial charge >= 0.3 is 5.97 Å². The van der Waals surface area contributed by atoms with Gasteiger partial charge in [0.15, 0.2) is 0 Å². The molecule has 0 aliphatic rings. The summed E-state index contributed by atoms with van der Waals surface area (Å²) in [6.07, 6.45) is 5.03. The lowest BCUT2D eigenvalue weighted by Crippen LogP contribution is -2.12. The summed E-state index contributed by atoms with van der Waals surface area (Å²) in [4.78, 5) is 14.3. The molecule has 0 fully saturated rings. The number of hydrogen-bond acceptors (Lipinski definition) is 4. The topological polar surface area (TPSA) is 84.6 Å². The van der Waals surface area contributed by atoms with Crippen molar-refractivity contribution in [3.8, 4) is 5.75 Å². The number of nitrogens with zero attached hydrogens (tertiary/aromatic N) is 2. The molecule has 10 heteroatoms. The number of aromatic hydroxyl groups is 1. The van der Waals surface area contributed by atoms with Crippen molar-refractivity contribution < 1.29 is 19.7 Å². The highest BCUT2D eigenvalue weighted by Gasteiger charge is 2.17. The van der Waals surface area contributed by atoms with Crippen LogP contribution in [0.25, 0.3) is 0 Å². The highest BCUT2D eigenvalue weighted by Crippen LogP contribution is 2.31. The van der Waals surface area contributed by atoms with E-state index >= 15 is 0 Å². The molecular weight excluding hydrogens is 534 g/mol. The highest BCUT2D eigenvalue weighted by molar-refractivity contribution is 6.35. The fourth-order valence-electron chi connectivity index (χ4n) is 3.07. The van der Waals surface area contributed by atoms with Crippen LogP contribution in [0.3, 0.4) is 0 Å². The van der Waals surface area contributed by atoms with Crippen LogP contribution in [0.1, 0.15) is 27.6 Å². The molecular formula is C25H20Cl4N2O4. The molecule has 1 heterocycles. The van der Waals surface area contributed by atoms with E-state index in [4.69, 9.17) is 61.4 Å². The lowest BCUT2D eigenvalue weighted by molar-refractivity contribution is 0.0281. The number of para-hydroxylation sites is 1. The maximum atomic E-state index is 10.3. The van der Waals surface area contributed by atoms with Gasteiger partial charge in [0.2, 0.25) is 0 Å². The van der Waals surface area contributed by atoms with E-state index in [0.29, 0.717) is 33.2 Å². The van der Waals surface area contributed by atoms with Crippen molar-refractivity contribution in [3.63, 3.8) is 0 Å². The van der Waals surface area contributed by atoms with Gasteiger partial charge in [0, 0.05) is 38.0 Å². The molecule has 0 saturated carbocycles. The van der Waals surface area contributed by atoms with Crippen molar-refractivity contribution in [2.75, 3.05) is 0 Å². The van der Waals surface area contributed by atoms with Gasteiger partial charge in [-0.3, -0.25) is 0 Å². The average molecular weight is 554 g/mol.